The van der Waals surface area contributed by atoms with Crippen molar-refractivity contribution in [2.24, 2.45) is 0 Å². The van der Waals surface area contributed by atoms with Crippen LogP contribution in [0.25, 0.3) is 0 Å². The molecule has 2 aliphatic rings. The number of carbonyl (C=O) groups is 2. The molecule has 0 aromatic heterocycles. The van der Waals surface area contributed by atoms with Crippen molar-refractivity contribution in [1.82, 2.24) is 5.06 Å². The van der Waals surface area contributed by atoms with Gasteiger partial charge < -0.3 is 9.64 Å². The highest BCUT2D eigenvalue weighted by Crippen LogP contribution is 2.29. The Hall–Kier alpha value is -2.40. The number of hydrogen-bond acceptors (Lipinski definition) is 7. The monoisotopic (exact) mass is 387 g/mol. The summed E-state index contributed by atoms with van der Waals surface area (Å²) in [5.74, 6) is -1.50. The molecule has 2 fully saturated rings. The third-order valence-electron chi connectivity index (χ3n) is 4.22. The molecule has 0 radical (unpaired) electrons. The molecule has 0 saturated carbocycles. The lowest BCUT2D eigenvalue weighted by atomic mass is 10.2. The zero-order chi connectivity index (χ0) is 19.1. The van der Waals surface area contributed by atoms with Gasteiger partial charge in [0.05, 0.1) is 30.2 Å². The minimum atomic E-state index is -3.20. The second kappa shape index (κ2) is 6.72. The molecule has 2 heterocycles. The summed E-state index contributed by atoms with van der Waals surface area (Å²) in [6.45, 7) is 1.23. The highest BCUT2D eigenvalue weighted by Gasteiger charge is 2.35. The van der Waals surface area contributed by atoms with Crippen molar-refractivity contribution in [3.8, 4) is 0 Å². The van der Waals surface area contributed by atoms with Crippen molar-refractivity contribution in [2.75, 3.05) is 41.1 Å². The van der Waals surface area contributed by atoms with Gasteiger partial charge in [-0.25, -0.2) is 22.7 Å². The zero-order valence-electron chi connectivity index (χ0n) is 14.0. The van der Waals surface area contributed by atoms with E-state index < -0.39 is 33.8 Å². The lowest BCUT2D eigenvalue weighted by Gasteiger charge is -2.19. The van der Waals surface area contributed by atoms with Crippen LogP contribution in [-0.4, -0.2) is 68.1 Å². The summed E-state index contributed by atoms with van der Waals surface area (Å²) in [6, 6.07) is 4.04. The molecule has 0 spiro atoms. The number of anilines is 2. The average molecular weight is 387 g/mol. The molecule has 1 atom stereocenters. The first kappa shape index (κ1) is 18.4. The van der Waals surface area contributed by atoms with E-state index in [9.17, 15) is 27.6 Å². The SMILES string of the molecule is CC(=O)N(O)CC1CN(c2ccc(N3CCS(=O)(=O)C3)c(F)c2)C(=O)O1. The molecule has 0 bridgehead atoms. The number of amides is 2. The lowest BCUT2D eigenvalue weighted by molar-refractivity contribution is -0.166. The maximum Gasteiger partial charge on any atom is 0.414 e. The Morgan fingerprint density at radius 1 is 1.46 bits per heavy atom. The van der Waals surface area contributed by atoms with Gasteiger partial charge in [0, 0.05) is 13.5 Å². The van der Waals surface area contributed by atoms with E-state index >= 15 is 0 Å². The molecule has 11 heteroatoms. The van der Waals surface area contributed by atoms with Crippen molar-refractivity contribution in [3.05, 3.63) is 24.0 Å². The topological polar surface area (TPSA) is 107 Å². The van der Waals surface area contributed by atoms with Crippen molar-refractivity contribution < 1.29 is 32.3 Å². The molecule has 0 aliphatic carbocycles. The van der Waals surface area contributed by atoms with Gasteiger partial charge in [0.25, 0.3) is 0 Å². The van der Waals surface area contributed by atoms with E-state index in [4.69, 9.17) is 4.74 Å². The summed E-state index contributed by atoms with van der Waals surface area (Å²) >= 11 is 0. The maximum atomic E-state index is 14.4. The fraction of sp³-hybridized carbons (Fsp3) is 0.467. The summed E-state index contributed by atoms with van der Waals surface area (Å²) in [4.78, 5) is 25.6. The van der Waals surface area contributed by atoms with Crippen molar-refractivity contribution >= 4 is 33.2 Å². The van der Waals surface area contributed by atoms with Gasteiger partial charge in [-0.15, -0.1) is 0 Å². The molecule has 3 rings (SSSR count). The Kier molecular flexibility index (Phi) is 4.76. The highest BCUT2D eigenvalue weighted by molar-refractivity contribution is 7.91. The molecule has 26 heavy (non-hydrogen) atoms. The van der Waals surface area contributed by atoms with E-state index in [1.807, 2.05) is 0 Å². The van der Waals surface area contributed by atoms with Gasteiger partial charge in [-0.3, -0.25) is 14.9 Å². The molecule has 2 aliphatic heterocycles. The third kappa shape index (κ3) is 3.73. The number of cyclic esters (lactones) is 1. The second-order valence-corrected chi connectivity index (χ2v) is 8.35. The van der Waals surface area contributed by atoms with Crippen LogP contribution in [-0.2, 0) is 19.4 Å². The number of ether oxygens (including phenoxy) is 1. The second-order valence-electron chi connectivity index (χ2n) is 6.19. The molecule has 1 unspecified atom stereocenters. The zero-order valence-corrected chi connectivity index (χ0v) is 14.8. The number of halogens is 1. The minimum absolute atomic E-state index is 0.0257. The summed E-state index contributed by atoms with van der Waals surface area (Å²) in [7, 11) is -3.20. The standard InChI is InChI=1S/C15H18FN3O6S/c1-10(20)19(22)8-12-7-18(15(21)25-12)11-2-3-14(13(16)6-11)17-4-5-26(23,24)9-17/h2-3,6,12,22H,4-5,7-9H2,1H3. The Balaban J connectivity index is 1.73. The van der Waals surface area contributed by atoms with Crippen LogP contribution in [0.3, 0.4) is 0 Å². The first-order chi connectivity index (χ1) is 12.2. The molecular weight excluding hydrogens is 369 g/mol. The van der Waals surface area contributed by atoms with Gasteiger partial charge in [-0.1, -0.05) is 0 Å². The minimum Gasteiger partial charge on any atom is -0.442 e. The van der Waals surface area contributed by atoms with Gasteiger partial charge in [-0.2, -0.15) is 0 Å². The predicted molar refractivity (Wildman–Crippen MR) is 89.2 cm³/mol. The number of benzene rings is 1. The smallest absolute Gasteiger partial charge is 0.414 e. The summed E-state index contributed by atoms with van der Waals surface area (Å²) < 4.78 is 42.6. The molecule has 2 saturated heterocycles. The molecule has 142 valence electrons. The largest absolute Gasteiger partial charge is 0.442 e. The van der Waals surface area contributed by atoms with Crippen LogP contribution < -0.4 is 9.80 Å². The number of carbonyl (C=O) groups excluding carboxylic acids is 2. The van der Waals surface area contributed by atoms with E-state index in [2.05, 4.69) is 0 Å². The number of rotatable bonds is 4. The van der Waals surface area contributed by atoms with Gasteiger partial charge in [-0.05, 0) is 18.2 Å². The van der Waals surface area contributed by atoms with Crippen LogP contribution in [0.15, 0.2) is 18.2 Å². The van der Waals surface area contributed by atoms with E-state index in [1.165, 1.54) is 28.9 Å². The number of sulfone groups is 1. The van der Waals surface area contributed by atoms with Crippen LogP contribution in [0.2, 0.25) is 0 Å². The van der Waals surface area contributed by atoms with Crippen LogP contribution in [0.5, 0.6) is 0 Å². The lowest BCUT2D eigenvalue weighted by Crippen LogP contribution is -2.35. The quantitative estimate of drug-likeness (QED) is 0.595. The van der Waals surface area contributed by atoms with Crippen LogP contribution in [0.1, 0.15) is 6.92 Å². The van der Waals surface area contributed by atoms with Crippen LogP contribution in [0.4, 0.5) is 20.6 Å². The normalized spacial score (nSPS) is 21.8. The predicted octanol–water partition coefficient (Wildman–Crippen LogP) is 0.581. The van der Waals surface area contributed by atoms with E-state index in [-0.39, 0.29) is 42.6 Å². The van der Waals surface area contributed by atoms with Gasteiger partial charge in [0.15, 0.2) is 9.84 Å². The molecular formula is C15H18FN3O6S. The first-order valence-corrected chi connectivity index (χ1v) is 9.68. The number of nitrogens with zero attached hydrogens (tertiary/aromatic N) is 3. The third-order valence-corrected chi connectivity index (χ3v) is 5.73. The Morgan fingerprint density at radius 3 is 2.77 bits per heavy atom. The van der Waals surface area contributed by atoms with Gasteiger partial charge >= 0.3 is 6.09 Å². The Labute approximate surface area is 149 Å². The fourth-order valence-electron chi connectivity index (χ4n) is 2.87. The number of hydroxylamine groups is 2. The van der Waals surface area contributed by atoms with E-state index in [1.54, 1.807) is 0 Å². The average Bonchev–Trinajstić information content (AvgIpc) is 3.09. The van der Waals surface area contributed by atoms with E-state index in [0.717, 1.165) is 6.07 Å². The molecule has 2 amide bonds. The van der Waals surface area contributed by atoms with Crippen LogP contribution >= 0.6 is 0 Å². The molecule has 1 aromatic rings. The van der Waals surface area contributed by atoms with E-state index in [0.29, 0.717) is 5.06 Å². The number of hydrogen-bond donors (Lipinski definition) is 1. The fourth-order valence-corrected chi connectivity index (χ4v) is 4.25. The summed E-state index contributed by atoms with van der Waals surface area (Å²) in [5, 5.41) is 9.88. The summed E-state index contributed by atoms with van der Waals surface area (Å²) in [5.41, 5.74) is 0.394. The van der Waals surface area contributed by atoms with Gasteiger partial charge in [0.2, 0.25) is 5.91 Å². The van der Waals surface area contributed by atoms with Crippen molar-refractivity contribution in [3.63, 3.8) is 0 Å². The molecule has 9 nitrogen and oxygen atoms in total. The summed E-state index contributed by atoms with van der Waals surface area (Å²) in [6.07, 6.45) is -1.47. The Morgan fingerprint density at radius 2 is 2.19 bits per heavy atom. The highest BCUT2D eigenvalue weighted by atomic mass is 32.2. The maximum absolute atomic E-state index is 14.4. The van der Waals surface area contributed by atoms with Crippen LogP contribution in [0, 0.1) is 5.82 Å². The van der Waals surface area contributed by atoms with Crippen molar-refractivity contribution in [1.29, 1.82) is 0 Å². The van der Waals surface area contributed by atoms with Gasteiger partial charge in [0.1, 0.15) is 17.8 Å². The van der Waals surface area contributed by atoms with Crippen molar-refractivity contribution in [2.45, 2.75) is 13.0 Å². The molecule has 1 N–H and O–H groups in total. The Bertz CT molecular complexity index is 846. The molecule has 1 aromatic carbocycles. The first-order valence-electron chi connectivity index (χ1n) is 7.86.